The molecule has 106 valence electrons. The van der Waals surface area contributed by atoms with Gasteiger partial charge in [0.05, 0.1) is 19.3 Å². The fourth-order valence-corrected chi connectivity index (χ4v) is 1.84. The van der Waals surface area contributed by atoms with Crippen molar-refractivity contribution in [1.29, 1.82) is 0 Å². The summed E-state index contributed by atoms with van der Waals surface area (Å²) in [6.45, 7) is 3.73. The van der Waals surface area contributed by atoms with Gasteiger partial charge in [-0.2, -0.15) is 10.3 Å². The lowest BCUT2D eigenvalue weighted by atomic mass is 10.1. The van der Waals surface area contributed by atoms with Crippen LogP contribution in [0, 0.1) is 6.92 Å². The Balaban J connectivity index is 2.52. The number of aryl methyl sites for hydroxylation is 1. The molecule has 0 amide bonds. The molecule has 0 saturated carbocycles. The van der Waals surface area contributed by atoms with E-state index < -0.39 is 5.97 Å². The van der Waals surface area contributed by atoms with Crippen molar-refractivity contribution in [2.24, 2.45) is 0 Å². The van der Waals surface area contributed by atoms with E-state index in [-0.39, 0.29) is 23.7 Å². The molecule has 0 aliphatic heterocycles. The number of H-pyrrole nitrogens is 1. The molecule has 20 heavy (non-hydrogen) atoms. The third-order valence-corrected chi connectivity index (χ3v) is 2.78. The van der Waals surface area contributed by atoms with Gasteiger partial charge in [-0.05, 0) is 31.5 Å². The van der Waals surface area contributed by atoms with Crippen LogP contribution in [0.3, 0.4) is 0 Å². The average Bonchev–Trinajstić information content (AvgIpc) is 2.88. The number of rotatable bonds is 4. The number of aromatic nitrogens is 3. The van der Waals surface area contributed by atoms with E-state index in [0.717, 1.165) is 5.56 Å². The zero-order valence-corrected chi connectivity index (χ0v) is 11.4. The molecule has 0 saturated heterocycles. The van der Waals surface area contributed by atoms with Gasteiger partial charge in [0.2, 0.25) is 0 Å². The predicted molar refractivity (Wildman–Crippen MR) is 70.7 cm³/mol. The van der Waals surface area contributed by atoms with E-state index in [4.69, 9.17) is 9.47 Å². The molecule has 2 aromatic rings. The molecule has 0 fully saturated rings. The SMILES string of the molecule is CCOC(=O)c1n[nH]nc1-c1cc(OC)c(C)cc1O. The molecule has 0 aliphatic rings. The van der Waals surface area contributed by atoms with E-state index in [1.54, 1.807) is 19.9 Å². The fourth-order valence-electron chi connectivity index (χ4n) is 1.84. The summed E-state index contributed by atoms with van der Waals surface area (Å²) in [6.07, 6.45) is 0. The highest BCUT2D eigenvalue weighted by Gasteiger charge is 2.22. The van der Waals surface area contributed by atoms with E-state index in [1.807, 2.05) is 0 Å². The van der Waals surface area contributed by atoms with Gasteiger partial charge in [-0.25, -0.2) is 4.79 Å². The largest absolute Gasteiger partial charge is 0.507 e. The number of carbonyl (C=O) groups excluding carboxylic acids is 1. The van der Waals surface area contributed by atoms with Crippen LogP contribution in [0.2, 0.25) is 0 Å². The Labute approximate surface area is 115 Å². The van der Waals surface area contributed by atoms with Crippen molar-refractivity contribution >= 4 is 5.97 Å². The third kappa shape index (κ3) is 2.42. The molecule has 1 aromatic heterocycles. The number of aromatic hydroxyl groups is 1. The van der Waals surface area contributed by atoms with Crippen molar-refractivity contribution in [2.75, 3.05) is 13.7 Å². The number of benzene rings is 1. The molecular weight excluding hydrogens is 262 g/mol. The Morgan fingerprint density at radius 1 is 1.40 bits per heavy atom. The van der Waals surface area contributed by atoms with E-state index in [9.17, 15) is 9.90 Å². The monoisotopic (exact) mass is 277 g/mol. The van der Waals surface area contributed by atoms with Crippen LogP contribution >= 0.6 is 0 Å². The number of phenols is 1. The second kappa shape index (κ2) is 5.60. The molecule has 7 heteroatoms. The molecule has 0 radical (unpaired) electrons. The third-order valence-electron chi connectivity index (χ3n) is 2.78. The first-order chi connectivity index (χ1) is 9.58. The van der Waals surface area contributed by atoms with E-state index in [1.165, 1.54) is 13.2 Å². The van der Waals surface area contributed by atoms with Crippen molar-refractivity contribution in [3.05, 3.63) is 23.4 Å². The summed E-state index contributed by atoms with van der Waals surface area (Å²) in [7, 11) is 1.53. The molecule has 1 heterocycles. The van der Waals surface area contributed by atoms with Crippen LogP contribution < -0.4 is 4.74 Å². The van der Waals surface area contributed by atoms with Gasteiger partial charge in [-0.1, -0.05) is 0 Å². The Kier molecular flexibility index (Phi) is 3.88. The fraction of sp³-hybridized carbons (Fsp3) is 0.308. The zero-order chi connectivity index (χ0) is 14.7. The predicted octanol–water partition coefficient (Wildman–Crippen LogP) is 1.67. The Hall–Kier alpha value is -2.57. The average molecular weight is 277 g/mol. The maximum Gasteiger partial charge on any atom is 0.361 e. The van der Waals surface area contributed by atoms with Crippen LogP contribution in [0.15, 0.2) is 12.1 Å². The number of phenolic OH excluding ortho intramolecular Hbond substituents is 1. The molecule has 2 N–H and O–H groups in total. The Morgan fingerprint density at radius 3 is 2.80 bits per heavy atom. The zero-order valence-electron chi connectivity index (χ0n) is 11.4. The first-order valence-corrected chi connectivity index (χ1v) is 6.04. The summed E-state index contributed by atoms with van der Waals surface area (Å²) >= 11 is 0. The summed E-state index contributed by atoms with van der Waals surface area (Å²) in [5.74, 6) is -0.0338. The number of ether oxygens (including phenoxy) is 2. The van der Waals surface area contributed by atoms with Crippen LogP contribution in [0.4, 0.5) is 0 Å². The molecule has 0 atom stereocenters. The number of carbonyl (C=O) groups is 1. The van der Waals surface area contributed by atoms with Crippen molar-refractivity contribution in [3.63, 3.8) is 0 Å². The van der Waals surface area contributed by atoms with E-state index >= 15 is 0 Å². The molecule has 7 nitrogen and oxygen atoms in total. The smallest absolute Gasteiger partial charge is 0.361 e. The summed E-state index contributed by atoms with van der Waals surface area (Å²) in [5.41, 5.74) is 1.37. The molecule has 0 spiro atoms. The topological polar surface area (TPSA) is 97.3 Å². The van der Waals surface area contributed by atoms with Gasteiger partial charge in [0, 0.05) is 0 Å². The number of aromatic amines is 1. The van der Waals surface area contributed by atoms with Crippen molar-refractivity contribution in [2.45, 2.75) is 13.8 Å². The standard InChI is InChI=1S/C13H15N3O4/c1-4-20-13(18)12-11(14-16-15-12)8-6-10(19-3)7(2)5-9(8)17/h5-6,17H,4H2,1-3H3,(H,14,15,16). The number of esters is 1. The highest BCUT2D eigenvalue weighted by atomic mass is 16.5. The van der Waals surface area contributed by atoms with Crippen molar-refractivity contribution in [1.82, 2.24) is 15.4 Å². The quantitative estimate of drug-likeness (QED) is 0.825. The van der Waals surface area contributed by atoms with Crippen LogP contribution in [-0.4, -0.2) is 40.2 Å². The Morgan fingerprint density at radius 2 is 2.15 bits per heavy atom. The number of hydrogen-bond donors (Lipinski definition) is 2. The van der Waals surface area contributed by atoms with Crippen molar-refractivity contribution < 1.29 is 19.4 Å². The second-order valence-electron chi connectivity index (χ2n) is 4.08. The van der Waals surface area contributed by atoms with Gasteiger partial charge in [0.25, 0.3) is 0 Å². The highest BCUT2D eigenvalue weighted by Crippen LogP contribution is 2.35. The lowest BCUT2D eigenvalue weighted by Crippen LogP contribution is -2.07. The number of nitrogens with one attached hydrogen (secondary N) is 1. The minimum atomic E-state index is -0.602. The van der Waals surface area contributed by atoms with Crippen LogP contribution in [-0.2, 0) is 4.74 Å². The summed E-state index contributed by atoms with van der Waals surface area (Å²) in [5, 5.41) is 20.1. The van der Waals surface area contributed by atoms with Gasteiger partial charge in [-0.3, -0.25) is 0 Å². The molecule has 2 rings (SSSR count). The first-order valence-electron chi connectivity index (χ1n) is 6.04. The van der Waals surface area contributed by atoms with Crippen LogP contribution in [0.25, 0.3) is 11.3 Å². The molecular formula is C13H15N3O4. The number of nitrogens with zero attached hydrogens (tertiary/aromatic N) is 2. The molecule has 0 aliphatic carbocycles. The van der Waals surface area contributed by atoms with Gasteiger partial charge in [-0.15, -0.1) is 5.10 Å². The lowest BCUT2D eigenvalue weighted by Gasteiger charge is -2.09. The minimum Gasteiger partial charge on any atom is -0.507 e. The maximum atomic E-state index is 11.8. The number of hydrogen-bond acceptors (Lipinski definition) is 6. The summed E-state index contributed by atoms with van der Waals surface area (Å²) < 4.78 is 10.1. The lowest BCUT2D eigenvalue weighted by molar-refractivity contribution is 0.0520. The molecule has 0 unspecified atom stereocenters. The molecule has 0 bridgehead atoms. The van der Waals surface area contributed by atoms with Crippen LogP contribution in [0.1, 0.15) is 23.0 Å². The summed E-state index contributed by atoms with van der Waals surface area (Å²) in [6, 6.07) is 3.14. The summed E-state index contributed by atoms with van der Waals surface area (Å²) in [4.78, 5) is 11.8. The Bertz CT molecular complexity index is 637. The first kappa shape index (κ1) is 13.9. The normalized spacial score (nSPS) is 10.3. The highest BCUT2D eigenvalue weighted by molar-refractivity contribution is 5.94. The number of methoxy groups -OCH3 is 1. The van der Waals surface area contributed by atoms with E-state index in [0.29, 0.717) is 11.3 Å². The van der Waals surface area contributed by atoms with Crippen molar-refractivity contribution in [3.8, 4) is 22.8 Å². The second-order valence-corrected chi connectivity index (χ2v) is 4.08. The van der Waals surface area contributed by atoms with Gasteiger partial charge < -0.3 is 14.6 Å². The van der Waals surface area contributed by atoms with E-state index in [2.05, 4.69) is 15.4 Å². The van der Waals surface area contributed by atoms with Gasteiger partial charge in [0.1, 0.15) is 17.2 Å². The molecule has 1 aromatic carbocycles. The maximum absolute atomic E-state index is 11.8. The van der Waals surface area contributed by atoms with Crippen LogP contribution in [0.5, 0.6) is 11.5 Å². The van der Waals surface area contributed by atoms with Gasteiger partial charge in [0.15, 0.2) is 5.69 Å². The van der Waals surface area contributed by atoms with Gasteiger partial charge >= 0.3 is 5.97 Å². The minimum absolute atomic E-state index is 0.0113.